The molecular formula is C19H30N4O2. The molecule has 6 nitrogen and oxygen atoms in total. The van der Waals surface area contributed by atoms with Gasteiger partial charge in [-0.05, 0) is 25.5 Å². The van der Waals surface area contributed by atoms with Crippen molar-refractivity contribution in [1.29, 1.82) is 0 Å². The van der Waals surface area contributed by atoms with E-state index in [9.17, 15) is 9.90 Å². The van der Waals surface area contributed by atoms with Crippen LogP contribution in [0.5, 0.6) is 0 Å². The van der Waals surface area contributed by atoms with Gasteiger partial charge in [0.15, 0.2) is 0 Å². The molecule has 2 atom stereocenters. The van der Waals surface area contributed by atoms with Gasteiger partial charge in [0.05, 0.1) is 12.1 Å². The highest BCUT2D eigenvalue weighted by Gasteiger charge is 2.26. The van der Waals surface area contributed by atoms with Crippen molar-refractivity contribution in [1.82, 2.24) is 20.0 Å². The van der Waals surface area contributed by atoms with Crippen molar-refractivity contribution >= 4 is 6.03 Å². The zero-order chi connectivity index (χ0) is 17.6. The Labute approximate surface area is 150 Å². The summed E-state index contributed by atoms with van der Waals surface area (Å²) < 4.78 is 0. The molecule has 2 aliphatic heterocycles. The summed E-state index contributed by atoms with van der Waals surface area (Å²) in [5.74, 6) is 0. The minimum Gasteiger partial charge on any atom is -0.391 e. The molecule has 2 N–H and O–H groups in total. The highest BCUT2D eigenvalue weighted by atomic mass is 16.3. The molecular weight excluding hydrogens is 316 g/mol. The molecule has 25 heavy (non-hydrogen) atoms. The molecule has 2 fully saturated rings. The monoisotopic (exact) mass is 346 g/mol. The maximum Gasteiger partial charge on any atom is 0.318 e. The average Bonchev–Trinajstić information content (AvgIpc) is 2.63. The number of piperazine rings is 1. The third kappa shape index (κ3) is 5.17. The number of nitrogens with one attached hydrogen (secondary N) is 1. The van der Waals surface area contributed by atoms with Crippen LogP contribution >= 0.6 is 0 Å². The maximum atomic E-state index is 12.7. The normalized spacial score (nSPS) is 24.1. The Morgan fingerprint density at radius 1 is 1.20 bits per heavy atom. The van der Waals surface area contributed by atoms with Crippen LogP contribution in [0.3, 0.4) is 0 Å². The molecule has 0 aromatic heterocycles. The summed E-state index contributed by atoms with van der Waals surface area (Å²) >= 11 is 0. The van der Waals surface area contributed by atoms with Crippen molar-refractivity contribution in [3.63, 3.8) is 0 Å². The first-order chi connectivity index (χ1) is 12.1. The second-order valence-corrected chi connectivity index (χ2v) is 7.26. The Hall–Kier alpha value is -1.63. The van der Waals surface area contributed by atoms with Crippen LogP contribution < -0.4 is 5.32 Å². The zero-order valence-corrected chi connectivity index (χ0v) is 15.1. The van der Waals surface area contributed by atoms with E-state index >= 15 is 0 Å². The van der Waals surface area contributed by atoms with Gasteiger partial charge in [0.1, 0.15) is 0 Å². The Morgan fingerprint density at radius 2 is 1.92 bits per heavy atom. The lowest BCUT2D eigenvalue weighted by molar-refractivity contribution is 0.0817. The fourth-order valence-corrected chi connectivity index (χ4v) is 3.59. The molecule has 1 aromatic carbocycles. The molecule has 0 saturated carbocycles. The van der Waals surface area contributed by atoms with Crippen molar-refractivity contribution in [3.05, 3.63) is 35.9 Å². The van der Waals surface area contributed by atoms with Crippen LogP contribution in [0.2, 0.25) is 0 Å². The number of urea groups is 1. The lowest BCUT2D eigenvalue weighted by atomic mass is 10.1. The van der Waals surface area contributed by atoms with Gasteiger partial charge < -0.3 is 20.2 Å². The number of hydrogen-bond acceptors (Lipinski definition) is 4. The van der Waals surface area contributed by atoms with Gasteiger partial charge in [0, 0.05) is 45.8 Å². The van der Waals surface area contributed by atoms with E-state index in [4.69, 9.17) is 0 Å². The number of hydrogen-bond donors (Lipinski definition) is 2. The number of carbonyl (C=O) groups excluding carboxylic acids is 1. The number of amides is 2. The number of piperidine rings is 1. The van der Waals surface area contributed by atoms with Crippen LogP contribution in [0.15, 0.2) is 30.3 Å². The van der Waals surface area contributed by atoms with Crippen LogP contribution in [0.1, 0.15) is 24.4 Å². The molecule has 1 aromatic rings. The standard InChI is InChI=1S/C19H30N4O2/c1-21-10-12-22(13-11-21)15-18(16-6-3-2-4-7-16)20-19(25)23-9-5-8-17(24)14-23/h2-4,6-7,17-18,24H,5,8-15H2,1H3,(H,20,25)/t17-,18-/m1/s1. The van der Waals surface area contributed by atoms with Gasteiger partial charge in [-0.15, -0.1) is 0 Å². The first-order valence-electron chi connectivity index (χ1n) is 9.31. The number of carbonyl (C=O) groups is 1. The van der Waals surface area contributed by atoms with Crippen LogP contribution in [0.4, 0.5) is 4.79 Å². The minimum absolute atomic E-state index is 0.0313. The molecule has 2 heterocycles. The van der Waals surface area contributed by atoms with E-state index in [-0.39, 0.29) is 12.1 Å². The molecule has 2 aliphatic rings. The quantitative estimate of drug-likeness (QED) is 0.858. The fourth-order valence-electron chi connectivity index (χ4n) is 3.59. The van der Waals surface area contributed by atoms with E-state index in [2.05, 4.69) is 34.3 Å². The van der Waals surface area contributed by atoms with Crippen LogP contribution in [0, 0.1) is 0 Å². The molecule has 0 unspecified atom stereocenters. The van der Waals surface area contributed by atoms with Gasteiger partial charge in [0.2, 0.25) is 0 Å². The summed E-state index contributed by atoms with van der Waals surface area (Å²) in [4.78, 5) is 19.2. The van der Waals surface area contributed by atoms with Crippen LogP contribution in [0.25, 0.3) is 0 Å². The molecule has 2 amide bonds. The summed E-state index contributed by atoms with van der Waals surface area (Å²) in [5.41, 5.74) is 1.13. The topological polar surface area (TPSA) is 59.0 Å². The fraction of sp³-hybridized carbons (Fsp3) is 0.632. The highest BCUT2D eigenvalue weighted by molar-refractivity contribution is 5.75. The van der Waals surface area contributed by atoms with Crippen molar-refractivity contribution in [2.75, 3.05) is 52.9 Å². The van der Waals surface area contributed by atoms with Gasteiger partial charge in [-0.3, -0.25) is 4.90 Å². The van der Waals surface area contributed by atoms with Gasteiger partial charge in [-0.1, -0.05) is 30.3 Å². The van der Waals surface area contributed by atoms with Crippen molar-refractivity contribution in [2.24, 2.45) is 0 Å². The SMILES string of the molecule is CN1CCN(C[C@@H](NC(=O)N2CCC[C@@H](O)C2)c2ccccc2)CC1. The summed E-state index contributed by atoms with van der Waals surface area (Å²) in [5, 5.41) is 13.0. The molecule has 3 rings (SSSR count). The van der Waals surface area contributed by atoms with Gasteiger partial charge in [-0.25, -0.2) is 4.79 Å². The number of likely N-dealkylation sites (tertiary alicyclic amines) is 1. The molecule has 6 heteroatoms. The number of aliphatic hydroxyl groups is 1. The van der Waals surface area contributed by atoms with Crippen molar-refractivity contribution < 1.29 is 9.90 Å². The molecule has 0 spiro atoms. The minimum atomic E-state index is -0.396. The lowest BCUT2D eigenvalue weighted by Crippen LogP contribution is -2.51. The second-order valence-electron chi connectivity index (χ2n) is 7.26. The Kier molecular flexibility index (Phi) is 6.29. The first-order valence-corrected chi connectivity index (χ1v) is 9.31. The van der Waals surface area contributed by atoms with E-state index in [0.29, 0.717) is 6.54 Å². The van der Waals surface area contributed by atoms with Crippen molar-refractivity contribution in [3.8, 4) is 0 Å². The maximum absolute atomic E-state index is 12.7. The number of aliphatic hydroxyl groups excluding tert-OH is 1. The predicted molar refractivity (Wildman–Crippen MR) is 98.5 cm³/mol. The molecule has 0 bridgehead atoms. The number of nitrogens with zero attached hydrogens (tertiary/aromatic N) is 3. The highest BCUT2D eigenvalue weighted by Crippen LogP contribution is 2.17. The lowest BCUT2D eigenvalue weighted by Gasteiger charge is -2.36. The van der Waals surface area contributed by atoms with E-state index in [1.165, 1.54) is 0 Å². The Morgan fingerprint density at radius 3 is 2.60 bits per heavy atom. The molecule has 138 valence electrons. The number of β-amino-alcohol motifs (C(OH)–C–C–N with tert-alkyl or cyclic N) is 1. The van der Waals surface area contributed by atoms with Gasteiger partial charge in [-0.2, -0.15) is 0 Å². The zero-order valence-electron chi connectivity index (χ0n) is 15.1. The number of rotatable bonds is 4. The van der Waals surface area contributed by atoms with Crippen molar-refractivity contribution in [2.45, 2.75) is 25.0 Å². The van der Waals surface area contributed by atoms with Gasteiger partial charge >= 0.3 is 6.03 Å². The average molecular weight is 346 g/mol. The molecule has 2 saturated heterocycles. The number of likely N-dealkylation sites (N-methyl/N-ethyl adjacent to an activating group) is 1. The van der Waals surface area contributed by atoms with Crippen LogP contribution in [-0.4, -0.2) is 84.8 Å². The molecule has 0 aliphatic carbocycles. The smallest absolute Gasteiger partial charge is 0.318 e. The van der Waals surface area contributed by atoms with E-state index in [1.807, 2.05) is 18.2 Å². The summed E-state index contributed by atoms with van der Waals surface area (Å²) in [6.45, 7) is 6.15. The first kappa shape index (κ1) is 18.2. The van der Waals surface area contributed by atoms with E-state index in [0.717, 1.165) is 57.7 Å². The Balaban J connectivity index is 1.65. The predicted octanol–water partition coefficient (Wildman–Crippen LogP) is 1.14. The summed E-state index contributed by atoms with van der Waals surface area (Å²) in [7, 11) is 2.15. The van der Waals surface area contributed by atoms with E-state index < -0.39 is 6.10 Å². The summed E-state index contributed by atoms with van der Waals surface area (Å²) in [6.07, 6.45) is 1.25. The number of benzene rings is 1. The van der Waals surface area contributed by atoms with E-state index in [1.54, 1.807) is 4.90 Å². The Bertz CT molecular complexity index is 546. The largest absolute Gasteiger partial charge is 0.391 e. The summed E-state index contributed by atoms with van der Waals surface area (Å²) in [6, 6.07) is 10.1. The third-order valence-corrected chi connectivity index (χ3v) is 5.22. The van der Waals surface area contributed by atoms with Gasteiger partial charge in [0.25, 0.3) is 0 Å². The molecule has 0 radical (unpaired) electrons. The second kappa shape index (κ2) is 8.65. The van der Waals surface area contributed by atoms with Crippen LogP contribution in [-0.2, 0) is 0 Å². The third-order valence-electron chi connectivity index (χ3n) is 5.22.